The fraction of sp³-hybridized carbons (Fsp3) is 0.250. The van der Waals surface area contributed by atoms with Crippen LogP contribution in [0, 0.1) is 0 Å². The first-order valence-corrected chi connectivity index (χ1v) is 7.58. The number of hydrogen-bond donors (Lipinski definition) is 2. The van der Waals surface area contributed by atoms with E-state index in [1.54, 1.807) is 35.0 Å². The van der Waals surface area contributed by atoms with Gasteiger partial charge in [-0.15, -0.1) is 5.10 Å². The minimum absolute atomic E-state index is 0.112. The van der Waals surface area contributed by atoms with Crippen LogP contribution in [0.2, 0.25) is 0 Å². The first-order chi connectivity index (χ1) is 11.7. The molecule has 0 fully saturated rings. The molecule has 8 nitrogen and oxygen atoms in total. The minimum atomic E-state index is -0.337. The topological polar surface area (TPSA) is 102 Å². The molecule has 0 saturated heterocycles. The average Bonchev–Trinajstić information content (AvgIpc) is 3.26. The molecule has 8 heteroatoms. The van der Waals surface area contributed by atoms with Crippen molar-refractivity contribution >= 4 is 22.8 Å². The third-order valence-electron chi connectivity index (χ3n) is 3.53. The fourth-order valence-corrected chi connectivity index (χ4v) is 2.27. The van der Waals surface area contributed by atoms with E-state index in [4.69, 9.17) is 4.42 Å². The summed E-state index contributed by atoms with van der Waals surface area (Å²) in [6, 6.07) is 8.65. The number of nitrogens with zero attached hydrogens (tertiary/aromatic N) is 3. The summed E-state index contributed by atoms with van der Waals surface area (Å²) < 4.78 is 6.86. The Morgan fingerprint density at radius 2 is 2.12 bits per heavy atom. The van der Waals surface area contributed by atoms with Gasteiger partial charge in [0.15, 0.2) is 0 Å². The molecular weight excluding hydrogens is 310 g/mol. The zero-order chi connectivity index (χ0) is 16.9. The minimum Gasteiger partial charge on any atom is -0.467 e. The van der Waals surface area contributed by atoms with Crippen LogP contribution in [0.3, 0.4) is 0 Å². The van der Waals surface area contributed by atoms with Gasteiger partial charge < -0.3 is 15.1 Å². The van der Waals surface area contributed by atoms with E-state index in [0.717, 1.165) is 5.52 Å². The number of carbonyl (C=O) groups excluding carboxylic acids is 2. The summed E-state index contributed by atoms with van der Waals surface area (Å²) in [5.41, 5.74) is 1.95. The molecule has 0 aliphatic rings. The van der Waals surface area contributed by atoms with Gasteiger partial charge in [0.2, 0.25) is 5.91 Å². The largest absolute Gasteiger partial charge is 0.467 e. The van der Waals surface area contributed by atoms with Crippen molar-refractivity contribution in [1.82, 2.24) is 25.6 Å². The molecule has 2 N–H and O–H groups in total. The molecule has 2 heterocycles. The van der Waals surface area contributed by atoms with Crippen LogP contribution >= 0.6 is 0 Å². The summed E-state index contributed by atoms with van der Waals surface area (Å²) in [5.74, 6) is 0.0213. The molecule has 24 heavy (non-hydrogen) atoms. The molecule has 0 unspecified atom stereocenters. The Balaban J connectivity index is 1.55. The van der Waals surface area contributed by atoms with E-state index in [-0.39, 0.29) is 24.9 Å². The van der Waals surface area contributed by atoms with E-state index in [2.05, 4.69) is 20.9 Å². The highest BCUT2D eigenvalue weighted by Crippen LogP contribution is 2.13. The average molecular weight is 327 g/mol. The van der Waals surface area contributed by atoms with Crippen LogP contribution in [0.25, 0.3) is 11.0 Å². The summed E-state index contributed by atoms with van der Waals surface area (Å²) in [6.45, 7) is 2.85. The van der Waals surface area contributed by atoms with Crippen LogP contribution in [0.5, 0.6) is 0 Å². The molecule has 1 aromatic carbocycles. The molecule has 0 aliphatic carbocycles. The van der Waals surface area contributed by atoms with Crippen LogP contribution < -0.4 is 10.6 Å². The Morgan fingerprint density at radius 3 is 2.88 bits per heavy atom. The normalized spacial score (nSPS) is 10.7. The fourth-order valence-electron chi connectivity index (χ4n) is 2.27. The van der Waals surface area contributed by atoms with Crippen molar-refractivity contribution in [3.05, 3.63) is 47.9 Å². The lowest BCUT2D eigenvalue weighted by Crippen LogP contribution is -2.36. The van der Waals surface area contributed by atoms with E-state index >= 15 is 0 Å². The molecule has 3 aromatic rings. The van der Waals surface area contributed by atoms with Gasteiger partial charge in [-0.3, -0.25) is 9.59 Å². The van der Waals surface area contributed by atoms with Crippen LogP contribution in [0.4, 0.5) is 0 Å². The van der Waals surface area contributed by atoms with Crippen LogP contribution in [-0.4, -0.2) is 33.4 Å². The van der Waals surface area contributed by atoms with Gasteiger partial charge >= 0.3 is 0 Å². The van der Waals surface area contributed by atoms with Crippen molar-refractivity contribution in [3.63, 3.8) is 0 Å². The third kappa shape index (κ3) is 3.43. The maximum atomic E-state index is 12.1. The molecule has 0 bridgehead atoms. The maximum absolute atomic E-state index is 12.1. The number of benzene rings is 1. The molecule has 124 valence electrons. The number of nitrogens with one attached hydrogen (secondary N) is 2. The Kier molecular flexibility index (Phi) is 4.55. The Bertz CT molecular complexity index is 854. The first kappa shape index (κ1) is 15.7. The van der Waals surface area contributed by atoms with E-state index in [0.29, 0.717) is 23.4 Å². The van der Waals surface area contributed by atoms with Crippen molar-refractivity contribution in [2.24, 2.45) is 0 Å². The predicted octanol–water partition coefficient (Wildman–Crippen LogP) is 1.09. The van der Waals surface area contributed by atoms with E-state index in [1.165, 1.54) is 6.26 Å². The zero-order valence-electron chi connectivity index (χ0n) is 13.2. The highest BCUT2D eigenvalue weighted by Gasteiger charge is 2.11. The van der Waals surface area contributed by atoms with Gasteiger partial charge in [0.1, 0.15) is 11.3 Å². The number of aryl methyl sites for hydroxylation is 1. The molecule has 3 rings (SSSR count). The predicted molar refractivity (Wildman–Crippen MR) is 86.1 cm³/mol. The molecule has 0 aliphatic heterocycles. The highest BCUT2D eigenvalue weighted by molar-refractivity contribution is 5.98. The van der Waals surface area contributed by atoms with E-state index < -0.39 is 0 Å². The maximum Gasteiger partial charge on any atom is 0.251 e. The Hall–Kier alpha value is -3.16. The quantitative estimate of drug-likeness (QED) is 0.705. The molecule has 2 aromatic heterocycles. The highest BCUT2D eigenvalue weighted by atomic mass is 16.3. The van der Waals surface area contributed by atoms with E-state index in [9.17, 15) is 9.59 Å². The molecule has 0 radical (unpaired) electrons. The number of fused-ring (bicyclic) bond motifs is 1. The van der Waals surface area contributed by atoms with Gasteiger partial charge in [0.05, 0.1) is 24.9 Å². The summed E-state index contributed by atoms with van der Waals surface area (Å²) in [4.78, 5) is 23.9. The van der Waals surface area contributed by atoms with Crippen molar-refractivity contribution in [3.8, 4) is 0 Å². The van der Waals surface area contributed by atoms with Crippen molar-refractivity contribution in [2.75, 3.05) is 6.54 Å². The number of furan rings is 1. The third-order valence-corrected chi connectivity index (χ3v) is 3.53. The lowest BCUT2D eigenvalue weighted by Gasteiger charge is -2.06. The van der Waals surface area contributed by atoms with Gasteiger partial charge in [-0.2, -0.15) is 0 Å². The summed E-state index contributed by atoms with van der Waals surface area (Å²) in [5, 5.41) is 13.3. The molecular formula is C16H17N5O3. The second-order valence-electron chi connectivity index (χ2n) is 5.15. The van der Waals surface area contributed by atoms with Crippen molar-refractivity contribution in [1.29, 1.82) is 0 Å². The van der Waals surface area contributed by atoms with Gasteiger partial charge in [-0.1, -0.05) is 5.21 Å². The lowest BCUT2D eigenvalue weighted by atomic mass is 10.2. The van der Waals surface area contributed by atoms with Crippen molar-refractivity contribution in [2.45, 2.75) is 20.0 Å². The smallest absolute Gasteiger partial charge is 0.251 e. The molecule has 0 saturated carbocycles. The second kappa shape index (κ2) is 6.95. The van der Waals surface area contributed by atoms with Gasteiger partial charge in [0, 0.05) is 12.1 Å². The number of carbonyl (C=O) groups is 2. The van der Waals surface area contributed by atoms with Crippen LogP contribution in [0.1, 0.15) is 23.0 Å². The van der Waals surface area contributed by atoms with Gasteiger partial charge in [-0.05, 0) is 37.3 Å². The monoisotopic (exact) mass is 327 g/mol. The summed E-state index contributed by atoms with van der Waals surface area (Å²) in [6.07, 6.45) is 1.54. The SMILES string of the molecule is CCn1nnc2cc(C(=O)NCC(=O)NCc3ccco3)ccc21. The molecule has 0 atom stereocenters. The number of rotatable bonds is 6. The lowest BCUT2D eigenvalue weighted by molar-refractivity contribution is -0.120. The summed E-state index contributed by atoms with van der Waals surface area (Å²) >= 11 is 0. The first-order valence-electron chi connectivity index (χ1n) is 7.58. The Labute approximate surface area is 137 Å². The van der Waals surface area contributed by atoms with Crippen molar-refractivity contribution < 1.29 is 14.0 Å². The molecule has 0 spiro atoms. The number of aromatic nitrogens is 3. The van der Waals surface area contributed by atoms with Gasteiger partial charge in [-0.25, -0.2) is 4.68 Å². The van der Waals surface area contributed by atoms with E-state index in [1.807, 2.05) is 6.92 Å². The second-order valence-corrected chi connectivity index (χ2v) is 5.15. The van der Waals surface area contributed by atoms with Gasteiger partial charge in [0.25, 0.3) is 5.91 Å². The zero-order valence-corrected chi connectivity index (χ0v) is 13.2. The number of hydrogen-bond acceptors (Lipinski definition) is 5. The summed E-state index contributed by atoms with van der Waals surface area (Å²) in [7, 11) is 0. The standard InChI is InChI=1S/C16H17N5O3/c1-2-21-14-6-5-11(8-13(14)19-20-21)16(23)18-10-15(22)17-9-12-4-3-7-24-12/h3-8H,2,9-10H2,1H3,(H,17,22)(H,18,23). The van der Waals surface area contributed by atoms with Crippen LogP contribution in [0.15, 0.2) is 41.0 Å². The molecule has 2 amide bonds. The van der Waals surface area contributed by atoms with Crippen LogP contribution in [-0.2, 0) is 17.9 Å². The number of amides is 2. The Morgan fingerprint density at radius 1 is 1.25 bits per heavy atom.